The summed E-state index contributed by atoms with van der Waals surface area (Å²) in [6.07, 6.45) is 3.73. The highest BCUT2D eigenvalue weighted by Gasteiger charge is 2.23. The van der Waals surface area contributed by atoms with Crippen LogP contribution in [-0.4, -0.2) is 63.7 Å². The largest absolute Gasteiger partial charge is 0.358 e. The summed E-state index contributed by atoms with van der Waals surface area (Å²) in [6.45, 7) is 6.73. The van der Waals surface area contributed by atoms with Crippen LogP contribution in [0.4, 0.5) is 5.95 Å². The molecule has 1 amide bonds. The molecule has 0 saturated carbocycles. The molecule has 1 fully saturated rings. The van der Waals surface area contributed by atoms with Gasteiger partial charge in [-0.25, -0.2) is 15.4 Å². The minimum atomic E-state index is -0.622. The molecule has 2 aromatic heterocycles. The first-order valence-corrected chi connectivity index (χ1v) is 12.4. The van der Waals surface area contributed by atoms with Crippen LogP contribution in [0.3, 0.4) is 0 Å². The number of rotatable bonds is 5. The molecule has 0 bridgehead atoms. The quantitative estimate of drug-likeness (QED) is 0.255. The van der Waals surface area contributed by atoms with Crippen molar-refractivity contribution < 1.29 is 10.0 Å². The van der Waals surface area contributed by atoms with Crippen molar-refractivity contribution in [1.82, 2.24) is 30.6 Å². The second-order valence-electron chi connectivity index (χ2n) is 9.45. The summed E-state index contributed by atoms with van der Waals surface area (Å²) in [5.74, 6) is -0.0510. The number of hydrogen-bond acceptors (Lipinski definition) is 7. The Morgan fingerprint density at radius 1 is 1.03 bits per heavy atom. The van der Waals surface area contributed by atoms with E-state index in [1.807, 2.05) is 0 Å². The van der Waals surface area contributed by atoms with Crippen molar-refractivity contribution in [2.75, 3.05) is 37.6 Å². The molecule has 0 unspecified atom stereocenters. The SMILES string of the molecule is O=C(NO)c1cnc(N2CCc3[nH]c4ccc(-c5cccc(CN6CCNCC6)c5)cc4c3C2)nc1. The Hall–Kier alpha value is -3.79. The molecule has 1 saturated heterocycles. The summed E-state index contributed by atoms with van der Waals surface area (Å²) >= 11 is 0. The molecule has 9 heteroatoms. The molecule has 4 N–H and O–H groups in total. The Balaban J connectivity index is 1.26. The van der Waals surface area contributed by atoms with Crippen LogP contribution >= 0.6 is 0 Å². The lowest BCUT2D eigenvalue weighted by Gasteiger charge is -2.27. The molecule has 0 atom stereocenters. The van der Waals surface area contributed by atoms with Crippen molar-refractivity contribution in [3.05, 3.63) is 77.2 Å². The maximum atomic E-state index is 11.6. The molecule has 184 valence electrons. The van der Waals surface area contributed by atoms with Gasteiger partial charge in [-0.05, 0) is 34.9 Å². The molecule has 6 rings (SSSR count). The van der Waals surface area contributed by atoms with Gasteiger partial charge < -0.3 is 15.2 Å². The van der Waals surface area contributed by atoms with E-state index in [1.165, 1.54) is 45.7 Å². The summed E-state index contributed by atoms with van der Waals surface area (Å²) in [5.41, 5.74) is 9.26. The fraction of sp³-hybridized carbons (Fsp3) is 0.296. The second-order valence-corrected chi connectivity index (χ2v) is 9.45. The highest BCUT2D eigenvalue weighted by atomic mass is 16.5. The van der Waals surface area contributed by atoms with Crippen molar-refractivity contribution in [3.63, 3.8) is 0 Å². The Morgan fingerprint density at radius 3 is 2.64 bits per heavy atom. The molecular formula is C27H29N7O2. The van der Waals surface area contributed by atoms with Gasteiger partial charge in [-0.3, -0.25) is 14.9 Å². The van der Waals surface area contributed by atoms with Crippen LogP contribution in [0.25, 0.3) is 22.0 Å². The fourth-order valence-electron chi connectivity index (χ4n) is 5.21. The van der Waals surface area contributed by atoms with E-state index in [-0.39, 0.29) is 5.56 Å². The number of aromatic nitrogens is 3. The zero-order valence-corrected chi connectivity index (χ0v) is 20.0. The number of anilines is 1. The van der Waals surface area contributed by atoms with Gasteiger partial charge >= 0.3 is 0 Å². The molecule has 0 radical (unpaired) electrons. The van der Waals surface area contributed by atoms with Crippen LogP contribution in [0.5, 0.6) is 0 Å². The number of aromatic amines is 1. The van der Waals surface area contributed by atoms with E-state index in [1.54, 1.807) is 5.48 Å². The van der Waals surface area contributed by atoms with E-state index in [2.05, 4.69) is 72.5 Å². The van der Waals surface area contributed by atoms with E-state index in [4.69, 9.17) is 5.21 Å². The van der Waals surface area contributed by atoms with Crippen LogP contribution in [0.2, 0.25) is 0 Å². The average Bonchev–Trinajstić information content (AvgIpc) is 3.30. The molecule has 0 spiro atoms. The number of hydroxylamine groups is 1. The Kier molecular flexibility index (Phi) is 6.10. The summed E-state index contributed by atoms with van der Waals surface area (Å²) < 4.78 is 0. The van der Waals surface area contributed by atoms with Crippen molar-refractivity contribution in [2.24, 2.45) is 0 Å². The first-order chi connectivity index (χ1) is 17.7. The molecule has 9 nitrogen and oxygen atoms in total. The van der Waals surface area contributed by atoms with Crippen LogP contribution in [0.1, 0.15) is 27.2 Å². The highest BCUT2D eigenvalue weighted by Crippen LogP contribution is 2.32. The molecule has 0 aliphatic carbocycles. The predicted octanol–water partition coefficient (Wildman–Crippen LogP) is 2.71. The number of carbonyl (C=O) groups is 1. The van der Waals surface area contributed by atoms with Gasteiger partial charge in [0.2, 0.25) is 5.95 Å². The van der Waals surface area contributed by atoms with Gasteiger partial charge in [0, 0.05) is 86.8 Å². The van der Waals surface area contributed by atoms with Gasteiger partial charge in [0.05, 0.1) is 5.56 Å². The van der Waals surface area contributed by atoms with Crippen LogP contribution in [0.15, 0.2) is 54.9 Å². The van der Waals surface area contributed by atoms with Gasteiger partial charge in [0.25, 0.3) is 5.91 Å². The molecule has 2 aromatic carbocycles. The summed E-state index contributed by atoms with van der Waals surface area (Å²) in [4.78, 5) is 28.5. The second kappa shape index (κ2) is 9.69. The maximum Gasteiger partial charge on any atom is 0.277 e. The maximum absolute atomic E-state index is 11.6. The van der Waals surface area contributed by atoms with Crippen molar-refractivity contribution in [3.8, 4) is 11.1 Å². The Bertz CT molecular complexity index is 1390. The van der Waals surface area contributed by atoms with E-state index < -0.39 is 5.91 Å². The van der Waals surface area contributed by atoms with Crippen molar-refractivity contribution >= 4 is 22.8 Å². The molecule has 4 aromatic rings. The minimum absolute atomic E-state index is 0.217. The predicted molar refractivity (Wildman–Crippen MR) is 138 cm³/mol. The number of nitrogens with zero attached hydrogens (tertiary/aromatic N) is 4. The van der Waals surface area contributed by atoms with Gasteiger partial charge in [0.15, 0.2) is 0 Å². The number of piperazine rings is 1. The molecule has 4 heterocycles. The zero-order chi connectivity index (χ0) is 24.5. The van der Waals surface area contributed by atoms with E-state index in [0.717, 1.165) is 51.2 Å². The first kappa shape index (κ1) is 22.7. The molecule has 2 aliphatic heterocycles. The Morgan fingerprint density at radius 2 is 1.83 bits per heavy atom. The van der Waals surface area contributed by atoms with Gasteiger partial charge in [-0.1, -0.05) is 24.3 Å². The monoisotopic (exact) mass is 483 g/mol. The first-order valence-electron chi connectivity index (χ1n) is 12.4. The summed E-state index contributed by atoms with van der Waals surface area (Å²) in [5, 5.41) is 13.5. The molecule has 36 heavy (non-hydrogen) atoms. The number of H-pyrrole nitrogens is 1. The third-order valence-electron chi connectivity index (χ3n) is 7.14. The van der Waals surface area contributed by atoms with Crippen LogP contribution < -0.4 is 15.7 Å². The van der Waals surface area contributed by atoms with Gasteiger partial charge in [-0.15, -0.1) is 0 Å². The van der Waals surface area contributed by atoms with Gasteiger partial charge in [0.1, 0.15) is 0 Å². The number of fused-ring (bicyclic) bond motifs is 3. The van der Waals surface area contributed by atoms with Gasteiger partial charge in [-0.2, -0.15) is 0 Å². The zero-order valence-electron chi connectivity index (χ0n) is 20.0. The normalized spacial score (nSPS) is 16.2. The summed E-state index contributed by atoms with van der Waals surface area (Å²) in [6, 6.07) is 15.5. The standard InChI is InChI=1S/C27H29N7O2/c35-26(32-36)21-14-29-27(30-15-21)34-9-6-25-23(17-34)22-13-20(4-5-24(22)31-25)19-3-1-2-18(12-19)16-33-10-7-28-8-11-33/h1-5,12-15,28,31,36H,6-11,16-17H2,(H,32,35). The number of hydrogen-bond donors (Lipinski definition) is 4. The van der Waals surface area contributed by atoms with Crippen LogP contribution in [-0.2, 0) is 19.5 Å². The smallest absolute Gasteiger partial charge is 0.277 e. The Labute approximate surface area is 209 Å². The van der Waals surface area contributed by atoms with Crippen molar-refractivity contribution in [2.45, 2.75) is 19.5 Å². The topological polar surface area (TPSA) is 109 Å². The number of benzene rings is 2. The van der Waals surface area contributed by atoms with Crippen molar-refractivity contribution in [1.29, 1.82) is 0 Å². The van der Waals surface area contributed by atoms with E-state index in [0.29, 0.717) is 12.5 Å². The number of amides is 1. The number of nitrogens with one attached hydrogen (secondary N) is 3. The molecular weight excluding hydrogens is 454 g/mol. The third kappa shape index (κ3) is 4.44. The molecule has 2 aliphatic rings. The van der Waals surface area contributed by atoms with Crippen LogP contribution in [0, 0.1) is 0 Å². The highest BCUT2D eigenvalue weighted by molar-refractivity contribution is 5.93. The summed E-state index contributed by atoms with van der Waals surface area (Å²) in [7, 11) is 0. The lowest BCUT2D eigenvalue weighted by Crippen LogP contribution is -2.42. The van der Waals surface area contributed by atoms with E-state index in [9.17, 15) is 4.79 Å². The lowest BCUT2D eigenvalue weighted by molar-refractivity contribution is 0.0705. The number of carbonyl (C=O) groups excluding carboxylic acids is 1. The minimum Gasteiger partial charge on any atom is -0.358 e. The average molecular weight is 484 g/mol. The fourth-order valence-corrected chi connectivity index (χ4v) is 5.21. The van der Waals surface area contributed by atoms with E-state index >= 15 is 0 Å². The third-order valence-corrected chi connectivity index (χ3v) is 7.14. The lowest BCUT2D eigenvalue weighted by atomic mass is 9.98.